The van der Waals surface area contributed by atoms with Gasteiger partial charge in [-0.15, -0.1) is 10.2 Å². The van der Waals surface area contributed by atoms with E-state index in [4.69, 9.17) is 5.73 Å². The molecule has 3 heterocycles. The number of anilines is 1. The molecule has 0 atom stereocenters. The second-order valence-electron chi connectivity index (χ2n) is 7.93. The lowest BCUT2D eigenvalue weighted by Crippen LogP contribution is -2.33. The fraction of sp³-hybridized carbons (Fsp3) is 0.364. The number of piperidine rings is 1. The number of benzene rings is 1. The Labute approximate surface area is 201 Å². The Bertz CT molecular complexity index is 1240. The molecule has 3 aromatic rings. The highest BCUT2D eigenvalue weighted by atomic mass is 79.9. The van der Waals surface area contributed by atoms with Crippen molar-refractivity contribution in [2.24, 2.45) is 10.2 Å². The zero-order chi connectivity index (χ0) is 23.3. The summed E-state index contributed by atoms with van der Waals surface area (Å²) in [5.74, 6) is 0.516. The predicted octanol–water partition coefficient (Wildman–Crippen LogP) is 4.54. The Balaban J connectivity index is 1.40. The molecule has 0 aliphatic carbocycles. The normalized spacial score (nSPS) is 15.4. The number of nitrogens with two attached hydrogens (primary N) is 1. The maximum atomic E-state index is 12.5. The van der Waals surface area contributed by atoms with E-state index in [0.29, 0.717) is 12.2 Å². The molecule has 1 aliphatic heterocycles. The predicted molar refractivity (Wildman–Crippen MR) is 132 cm³/mol. The van der Waals surface area contributed by atoms with Crippen LogP contribution in [0.4, 0.5) is 17.3 Å². The van der Waals surface area contributed by atoms with Crippen molar-refractivity contribution in [2.45, 2.75) is 30.6 Å². The van der Waals surface area contributed by atoms with Gasteiger partial charge in [-0.05, 0) is 63.2 Å². The van der Waals surface area contributed by atoms with Crippen molar-refractivity contribution in [3.05, 3.63) is 47.2 Å². The number of aromatic nitrogens is 2. The molecular formula is C22H26BrN7O2S. The van der Waals surface area contributed by atoms with Crippen LogP contribution in [0.15, 0.2) is 62.3 Å². The third-order valence-corrected chi connectivity index (χ3v) is 7.47. The SMILES string of the molecule is Nc1ncc2ccc(Br)cc2c1N=Nc1ccc(S(=O)(=O)NCCCN2CCCCC2)cn1. The second-order valence-corrected chi connectivity index (χ2v) is 10.6. The second kappa shape index (κ2) is 10.6. The fourth-order valence-electron chi connectivity index (χ4n) is 3.76. The minimum atomic E-state index is -3.63. The Kier molecular flexibility index (Phi) is 7.63. The smallest absolute Gasteiger partial charge is 0.242 e. The Morgan fingerprint density at radius 1 is 1.06 bits per heavy atom. The van der Waals surface area contributed by atoms with Gasteiger partial charge in [-0.3, -0.25) is 0 Å². The maximum absolute atomic E-state index is 12.5. The lowest BCUT2D eigenvalue weighted by Gasteiger charge is -2.26. The van der Waals surface area contributed by atoms with Crippen LogP contribution in [-0.4, -0.2) is 49.5 Å². The van der Waals surface area contributed by atoms with Crippen LogP contribution in [0, 0.1) is 0 Å². The molecule has 1 aliphatic rings. The molecule has 0 radical (unpaired) electrons. The summed E-state index contributed by atoms with van der Waals surface area (Å²) in [6.07, 6.45) is 7.46. The number of nitrogens with zero attached hydrogens (tertiary/aromatic N) is 5. The fourth-order valence-corrected chi connectivity index (χ4v) is 5.14. The monoisotopic (exact) mass is 531 g/mol. The first-order chi connectivity index (χ1) is 15.9. The number of sulfonamides is 1. The van der Waals surface area contributed by atoms with Crippen LogP contribution in [0.3, 0.4) is 0 Å². The number of halogens is 1. The molecule has 33 heavy (non-hydrogen) atoms. The summed E-state index contributed by atoms with van der Waals surface area (Å²) >= 11 is 3.45. The topological polar surface area (TPSA) is 126 Å². The van der Waals surface area contributed by atoms with Crippen LogP contribution in [0.25, 0.3) is 10.8 Å². The summed E-state index contributed by atoms with van der Waals surface area (Å²) in [5, 5.41) is 10.0. The van der Waals surface area contributed by atoms with E-state index in [2.05, 4.69) is 45.7 Å². The Morgan fingerprint density at radius 3 is 2.64 bits per heavy atom. The highest BCUT2D eigenvalue weighted by Crippen LogP contribution is 2.33. The van der Waals surface area contributed by atoms with Crippen molar-refractivity contribution in [1.82, 2.24) is 19.6 Å². The molecule has 0 bridgehead atoms. The quantitative estimate of drug-likeness (QED) is 0.324. The van der Waals surface area contributed by atoms with Gasteiger partial charge in [-0.25, -0.2) is 23.1 Å². The number of nitrogens with one attached hydrogen (secondary N) is 1. The van der Waals surface area contributed by atoms with Crippen molar-refractivity contribution in [2.75, 3.05) is 31.9 Å². The van der Waals surface area contributed by atoms with Gasteiger partial charge in [0.1, 0.15) is 10.6 Å². The van der Waals surface area contributed by atoms with E-state index >= 15 is 0 Å². The molecule has 0 amide bonds. The lowest BCUT2D eigenvalue weighted by atomic mass is 10.1. The molecule has 1 saturated heterocycles. The first-order valence-electron chi connectivity index (χ1n) is 10.9. The van der Waals surface area contributed by atoms with E-state index in [1.54, 1.807) is 6.20 Å². The highest BCUT2D eigenvalue weighted by Gasteiger charge is 2.15. The summed E-state index contributed by atoms with van der Waals surface area (Å²) < 4.78 is 28.6. The summed E-state index contributed by atoms with van der Waals surface area (Å²) in [5.41, 5.74) is 6.43. The van der Waals surface area contributed by atoms with Gasteiger partial charge in [-0.1, -0.05) is 28.4 Å². The van der Waals surface area contributed by atoms with Crippen molar-refractivity contribution in [3.8, 4) is 0 Å². The molecular weight excluding hydrogens is 506 g/mol. The molecule has 3 N–H and O–H groups in total. The third kappa shape index (κ3) is 6.11. The maximum Gasteiger partial charge on any atom is 0.242 e. The van der Waals surface area contributed by atoms with Crippen LogP contribution >= 0.6 is 15.9 Å². The van der Waals surface area contributed by atoms with E-state index in [0.717, 1.165) is 41.3 Å². The molecule has 11 heteroatoms. The van der Waals surface area contributed by atoms with Crippen LogP contribution in [0.5, 0.6) is 0 Å². The number of azo groups is 1. The number of hydrogen-bond donors (Lipinski definition) is 2. The first kappa shape index (κ1) is 23.7. The van der Waals surface area contributed by atoms with Crippen LogP contribution < -0.4 is 10.5 Å². The van der Waals surface area contributed by atoms with Gasteiger partial charge in [0.15, 0.2) is 11.6 Å². The van der Waals surface area contributed by atoms with Gasteiger partial charge in [0, 0.05) is 34.2 Å². The third-order valence-electron chi connectivity index (χ3n) is 5.53. The molecule has 4 rings (SSSR count). The van der Waals surface area contributed by atoms with Gasteiger partial charge in [0.2, 0.25) is 10.0 Å². The van der Waals surface area contributed by atoms with Gasteiger partial charge in [0.25, 0.3) is 0 Å². The summed E-state index contributed by atoms with van der Waals surface area (Å²) in [7, 11) is -3.63. The molecule has 0 spiro atoms. The number of hydrogen-bond acceptors (Lipinski definition) is 8. The lowest BCUT2D eigenvalue weighted by molar-refractivity contribution is 0.227. The molecule has 0 saturated carbocycles. The van der Waals surface area contributed by atoms with Crippen LogP contribution in [0.2, 0.25) is 0 Å². The highest BCUT2D eigenvalue weighted by molar-refractivity contribution is 9.10. The van der Waals surface area contributed by atoms with Gasteiger partial charge >= 0.3 is 0 Å². The van der Waals surface area contributed by atoms with Crippen LogP contribution in [-0.2, 0) is 10.0 Å². The Morgan fingerprint density at radius 2 is 1.88 bits per heavy atom. The average Bonchev–Trinajstić information content (AvgIpc) is 2.82. The molecule has 9 nitrogen and oxygen atoms in total. The molecule has 174 valence electrons. The minimum absolute atomic E-state index is 0.0923. The number of likely N-dealkylation sites (tertiary alicyclic amines) is 1. The van der Waals surface area contributed by atoms with E-state index in [1.165, 1.54) is 37.6 Å². The summed E-state index contributed by atoms with van der Waals surface area (Å²) in [4.78, 5) is 10.8. The van der Waals surface area contributed by atoms with E-state index < -0.39 is 10.0 Å². The largest absolute Gasteiger partial charge is 0.382 e. The number of pyridine rings is 2. The zero-order valence-electron chi connectivity index (χ0n) is 18.1. The summed E-state index contributed by atoms with van der Waals surface area (Å²) in [6, 6.07) is 8.68. The molecule has 1 aromatic carbocycles. The summed E-state index contributed by atoms with van der Waals surface area (Å²) in [6.45, 7) is 3.50. The van der Waals surface area contributed by atoms with Crippen molar-refractivity contribution in [1.29, 1.82) is 0 Å². The number of rotatable bonds is 8. The number of nitrogen functional groups attached to an aromatic ring is 1. The molecule has 0 unspecified atom stereocenters. The zero-order valence-corrected chi connectivity index (χ0v) is 20.5. The van der Waals surface area contributed by atoms with E-state index in [-0.39, 0.29) is 16.5 Å². The van der Waals surface area contributed by atoms with Crippen LogP contribution in [0.1, 0.15) is 25.7 Å². The number of fused-ring (bicyclic) bond motifs is 1. The van der Waals surface area contributed by atoms with Crippen molar-refractivity contribution < 1.29 is 8.42 Å². The van der Waals surface area contributed by atoms with E-state index in [1.807, 2.05) is 18.2 Å². The van der Waals surface area contributed by atoms with Gasteiger partial charge in [-0.2, -0.15) is 0 Å². The van der Waals surface area contributed by atoms with Crippen molar-refractivity contribution >= 4 is 54.0 Å². The average molecular weight is 532 g/mol. The van der Waals surface area contributed by atoms with Gasteiger partial charge < -0.3 is 10.6 Å². The molecule has 1 fully saturated rings. The van der Waals surface area contributed by atoms with Gasteiger partial charge in [0.05, 0.1) is 0 Å². The minimum Gasteiger partial charge on any atom is -0.382 e. The molecule has 2 aromatic heterocycles. The Hall–Kier alpha value is -2.47. The van der Waals surface area contributed by atoms with Crippen molar-refractivity contribution in [3.63, 3.8) is 0 Å². The van der Waals surface area contributed by atoms with E-state index in [9.17, 15) is 8.42 Å². The first-order valence-corrected chi connectivity index (χ1v) is 13.1. The standard InChI is InChI=1S/C22H26BrN7O2S/c23-17-6-5-16-14-26-22(24)21(19(16)13-17)29-28-20-8-7-18(15-25-20)33(31,32)27-9-4-12-30-10-2-1-3-11-30/h5-8,13-15,27H,1-4,9-12H2,(H2,24,26).